The molecule has 0 unspecified atom stereocenters. The largest absolute Gasteiger partial charge is 0.317 e. The minimum absolute atomic E-state index is 1.04. The molecule has 0 aromatic carbocycles. The average molecular weight is 309 g/mol. The van der Waals surface area contributed by atoms with Crippen molar-refractivity contribution in [3.8, 4) is 0 Å². The summed E-state index contributed by atoms with van der Waals surface area (Å²) < 4.78 is 0. The maximum atomic E-state index is 3.90. The minimum Gasteiger partial charge on any atom is -0.317 e. The van der Waals surface area contributed by atoms with Crippen molar-refractivity contribution in [1.29, 1.82) is 0 Å². The summed E-state index contributed by atoms with van der Waals surface area (Å²) in [6.07, 6.45) is 24.4. The zero-order valence-corrected chi connectivity index (χ0v) is 15.2. The highest BCUT2D eigenvalue weighted by Gasteiger charge is 2.11. The van der Waals surface area contributed by atoms with E-state index in [9.17, 15) is 0 Å². The molecule has 1 heteroatoms. The molecule has 131 valence electrons. The van der Waals surface area contributed by atoms with Gasteiger partial charge in [0.15, 0.2) is 0 Å². The lowest BCUT2D eigenvalue weighted by atomic mass is 9.92. The van der Waals surface area contributed by atoms with E-state index in [2.05, 4.69) is 12.2 Å². The summed E-state index contributed by atoms with van der Waals surface area (Å²) in [5, 5.41) is 3.46. The van der Waals surface area contributed by atoms with Crippen LogP contribution in [-0.4, -0.2) is 13.1 Å². The standard InChI is InChI=1S/C21H42N/c1-2-3-4-5-6-7-8-9-10-11-12-13-14-15-16-21-17-19-22-20-18-21/h21-22H,1-20H2. The van der Waals surface area contributed by atoms with Crippen LogP contribution >= 0.6 is 0 Å². The van der Waals surface area contributed by atoms with Crippen LogP contribution < -0.4 is 5.32 Å². The Morgan fingerprint density at radius 1 is 0.591 bits per heavy atom. The number of nitrogens with one attached hydrogen (secondary N) is 1. The highest BCUT2D eigenvalue weighted by atomic mass is 14.9. The van der Waals surface area contributed by atoms with Crippen LogP contribution in [0.1, 0.15) is 109 Å². The van der Waals surface area contributed by atoms with Gasteiger partial charge in [0.1, 0.15) is 0 Å². The van der Waals surface area contributed by atoms with Crippen LogP contribution in [0.5, 0.6) is 0 Å². The molecule has 0 saturated carbocycles. The van der Waals surface area contributed by atoms with Crippen molar-refractivity contribution < 1.29 is 0 Å². The normalized spacial score (nSPS) is 16.2. The Morgan fingerprint density at radius 3 is 1.45 bits per heavy atom. The summed E-state index contributed by atoms with van der Waals surface area (Å²) in [6.45, 7) is 6.43. The highest BCUT2D eigenvalue weighted by Crippen LogP contribution is 2.20. The van der Waals surface area contributed by atoms with E-state index >= 15 is 0 Å². The fourth-order valence-corrected chi connectivity index (χ4v) is 3.72. The Labute approximate surface area is 141 Å². The van der Waals surface area contributed by atoms with Crippen LogP contribution in [0.15, 0.2) is 0 Å². The molecular formula is C21H42N. The van der Waals surface area contributed by atoms with E-state index in [0.29, 0.717) is 0 Å². The van der Waals surface area contributed by atoms with Gasteiger partial charge in [-0.25, -0.2) is 0 Å². The van der Waals surface area contributed by atoms with E-state index in [-0.39, 0.29) is 0 Å². The highest BCUT2D eigenvalue weighted by molar-refractivity contribution is 4.68. The second-order valence-corrected chi connectivity index (χ2v) is 7.43. The van der Waals surface area contributed by atoms with Crippen LogP contribution in [0.25, 0.3) is 0 Å². The molecule has 0 spiro atoms. The van der Waals surface area contributed by atoms with Gasteiger partial charge in [-0.2, -0.15) is 0 Å². The summed E-state index contributed by atoms with van der Waals surface area (Å²) in [7, 11) is 0. The molecule has 0 aromatic rings. The lowest BCUT2D eigenvalue weighted by molar-refractivity contribution is 0.342. The summed E-state index contributed by atoms with van der Waals surface area (Å²) in [4.78, 5) is 0. The van der Waals surface area contributed by atoms with Gasteiger partial charge in [-0.3, -0.25) is 0 Å². The summed E-state index contributed by atoms with van der Waals surface area (Å²) in [5.74, 6) is 1.04. The Balaban J connectivity index is 1.68. The predicted octanol–water partition coefficient (Wildman–Crippen LogP) is 6.67. The Hall–Kier alpha value is -0.0400. The first-order valence-electron chi connectivity index (χ1n) is 10.4. The molecule has 1 N–H and O–H groups in total. The molecular weight excluding hydrogens is 266 g/mol. The average Bonchev–Trinajstić information content (AvgIpc) is 2.56. The van der Waals surface area contributed by atoms with Crippen molar-refractivity contribution in [3.63, 3.8) is 0 Å². The SMILES string of the molecule is [CH2]CCCCCCCCCCCCCCCC1CCNCC1. The lowest BCUT2D eigenvalue weighted by Crippen LogP contribution is -2.27. The predicted molar refractivity (Wildman–Crippen MR) is 100 cm³/mol. The summed E-state index contributed by atoms with van der Waals surface area (Å²) >= 11 is 0. The van der Waals surface area contributed by atoms with Crippen LogP contribution in [0, 0.1) is 12.8 Å². The third-order valence-corrected chi connectivity index (χ3v) is 5.32. The molecule has 1 rings (SSSR count). The number of hydrogen-bond acceptors (Lipinski definition) is 1. The van der Waals surface area contributed by atoms with E-state index in [1.54, 1.807) is 0 Å². The van der Waals surface area contributed by atoms with E-state index in [4.69, 9.17) is 0 Å². The first-order chi connectivity index (χ1) is 10.9. The Kier molecular flexibility index (Phi) is 14.4. The quantitative estimate of drug-likeness (QED) is 0.333. The zero-order valence-electron chi connectivity index (χ0n) is 15.2. The van der Waals surface area contributed by atoms with Gasteiger partial charge in [0, 0.05) is 0 Å². The summed E-state index contributed by atoms with van der Waals surface area (Å²) in [6, 6.07) is 0. The first-order valence-corrected chi connectivity index (χ1v) is 10.4. The Bertz CT molecular complexity index is 208. The lowest BCUT2D eigenvalue weighted by Gasteiger charge is -2.22. The van der Waals surface area contributed by atoms with Crippen molar-refractivity contribution in [1.82, 2.24) is 5.32 Å². The molecule has 1 heterocycles. The van der Waals surface area contributed by atoms with Crippen LogP contribution in [0.4, 0.5) is 0 Å². The molecule has 0 atom stereocenters. The monoisotopic (exact) mass is 308 g/mol. The molecule has 22 heavy (non-hydrogen) atoms. The zero-order chi connectivity index (χ0) is 15.7. The minimum atomic E-state index is 1.04. The van der Waals surface area contributed by atoms with Crippen molar-refractivity contribution in [3.05, 3.63) is 6.92 Å². The van der Waals surface area contributed by atoms with Crippen molar-refractivity contribution in [2.24, 2.45) is 5.92 Å². The van der Waals surface area contributed by atoms with Gasteiger partial charge in [-0.15, -0.1) is 0 Å². The number of hydrogen-bond donors (Lipinski definition) is 1. The number of piperidine rings is 1. The molecule has 1 saturated heterocycles. The molecule has 1 nitrogen and oxygen atoms in total. The third kappa shape index (κ3) is 12.5. The molecule has 0 aliphatic carbocycles. The van der Waals surface area contributed by atoms with Crippen LogP contribution in [0.2, 0.25) is 0 Å². The van der Waals surface area contributed by atoms with Gasteiger partial charge in [-0.1, -0.05) is 103 Å². The van der Waals surface area contributed by atoms with Gasteiger partial charge in [0.25, 0.3) is 0 Å². The second kappa shape index (κ2) is 15.8. The van der Waals surface area contributed by atoms with Crippen molar-refractivity contribution in [2.75, 3.05) is 13.1 Å². The maximum Gasteiger partial charge on any atom is -0.00463 e. The van der Waals surface area contributed by atoms with Gasteiger partial charge in [0.2, 0.25) is 0 Å². The molecule has 1 fully saturated rings. The number of rotatable bonds is 15. The molecule has 0 amide bonds. The van der Waals surface area contributed by atoms with E-state index in [0.717, 1.165) is 12.3 Å². The van der Waals surface area contributed by atoms with E-state index in [1.165, 1.54) is 116 Å². The van der Waals surface area contributed by atoms with E-state index in [1.807, 2.05) is 0 Å². The van der Waals surface area contributed by atoms with Crippen molar-refractivity contribution in [2.45, 2.75) is 109 Å². The fraction of sp³-hybridized carbons (Fsp3) is 0.952. The molecule has 1 radical (unpaired) electrons. The summed E-state index contributed by atoms with van der Waals surface area (Å²) in [5.41, 5.74) is 0. The van der Waals surface area contributed by atoms with Gasteiger partial charge >= 0.3 is 0 Å². The first kappa shape index (κ1) is 20.0. The molecule has 1 aliphatic heterocycles. The van der Waals surface area contributed by atoms with Crippen LogP contribution in [0.3, 0.4) is 0 Å². The molecule has 0 bridgehead atoms. The number of unbranched alkanes of at least 4 members (excludes halogenated alkanes) is 13. The fourth-order valence-electron chi connectivity index (χ4n) is 3.72. The third-order valence-electron chi connectivity index (χ3n) is 5.32. The smallest absolute Gasteiger partial charge is 0.00463 e. The Morgan fingerprint density at radius 2 is 1.00 bits per heavy atom. The van der Waals surface area contributed by atoms with Gasteiger partial charge in [-0.05, 0) is 31.8 Å². The van der Waals surface area contributed by atoms with Gasteiger partial charge < -0.3 is 5.32 Å². The second-order valence-electron chi connectivity index (χ2n) is 7.43. The molecule has 0 aromatic heterocycles. The van der Waals surface area contributed by atoms with E-state index < -0.39 is 0 Å². The maximum absolute atomic E-state index is 3.90. The van der Waals surface area contributed by atoms with Gasteiger partial charge in [0.05, 0.1) is 0 Å². The van der Waals surface area contributed by atoms with Crippen molar-refractivity contribution >= 4 is 0 Å². The molecule has 1 aliphatic rings. The topological polar surface area (TPSA) is 12.0 Å². The van der Waals surface area contributed by atoms with Crippen LogP contribution in [-0.2, 0) is 0 Å².